The molecule has 0 bridgehead atoms. The molecule has 0 aliphatic carbocycles. The van der Waals surface area contributed by atoms with Crippen molar-refractivity contribution in [2.75, 3.05) is 38.7 Å². The zero-order chi connectivity index (χ0) is 22.3. The van der Waals surface area contributed by atoms with Crippen molar-refractivity contribution in [1.29, 1.82) is 0 Å². The second-order valence-electron chi connectivity index (χ2n) is 8.37. The van der Waals surface area contributed by atoms with Crippen LogP contribution in [-0.4, -0.2) is 56.6 Å². The third kappa shape index (κ3) is 6.31. The van der Waals surface area contributed by atoms with Crippen LogP contribution in [0.25, 0.3) is 0 Å². The van der Waals surface area contributed by atoms with Crippen molar-refractivity contribution >= 4 is 41.5 Å². The SMILES string of the molecule is CN=C(NCCCC(=O)N1Cc2ccccc2C1)NC1CCN(c2ccccc2OC)C1.I. The summed E-state index contributed by atoms with van der Waals surface area (Å²) in [6.07, 6.45) is 2.36. The lowest BCUT2D eigenvalue weighted by molar-refractivity contribution is -0.131. The molecule has 2 aromatic carbocycles. The lowest BCUT2D eigenvalue weighted by Crippen LogP contribution is -2.45. The molecule has 4 rings (SSSR count). The van der Waals surface area contributed by atoms with E-state index in [1.165, 1.54) is 11.1 Å². The summed E-state index contributed by atoms with van der Waals surface area (Å²) in [5.74, 6) is 1.91. The Morgan fingerprint density at radius 3 is 2.52 bits per heavy atom. The molecule has 2 aliphatic rings. The van der Waals surface area contributed by atoms with Crippen molar-refractivity contribution in [3.05, 3.63) is 59.7 Å². The molecule has 0 radical (unpaired) electrons. The number of hydrogen-bond donors (Lipinski definition) is 2. The highest BCUT2D eigenvalue weighted by molar-refractivity contribution is 14.0. The van der Waals surface area contributed by atoms with Crippen LogP contribution in [0.3, 0.4) is 0 Å². The van der Waals surface area contributed by atoms with E-state index in [2.05, 4.69) is 38.7 Å². The largest absolute Gasteiger partial charge is 0.495 e. The Morgan fingerprint density at radius 1 is 1.12 bits per heavy atom. The molecule has 8 heteroatoms. The number of nitrogens with zero attached hydrogens (tertiary/aromatic N) is 3. The molecule has 1 amide bonds. The molecule has 2 aromatic rings. The van der Waals surface area contributed by atoms with Gasteiger partial charge in [0.15, 0.2) is 5.96 Å². The first-order valence-electron chi connectivity index (χ1n) is 11.4. The Morgan fingerprint density at radius 2 is 1.82 bits per heavy atom. The van der Waals surface area contributed by atoms with Crippen molar-refractivity contribution in [2.45, 2.75) is 38.4 Å². The molecule has 2 heterocycles. The van der Waals surface area contributed by atoms with Crippen LogP contribution in [0, 0.1) is 0 Å². The normalized spacial score (nSPS) is 17.4. The van der Waals surface area contributed by atoms with Crippen LogP contribution in [0.5, 0.6) is 5.75 Å². The van der Waals surface area contributed by atoms with Gasteiger partial charge in [-0.3, -0.25) is 9.79 Å². The number of nitrogens with one attached hydrogen (secondary N) is 2. The van der Waals surface area contributed by atoms with Gasteiger partial charge in [-0.25, -0.2) is 0 Å². The van der Waals surface area contributed by atoms with Gasteiger partial charge in [0.1, 0.15) is 5.75 Å². The summed E-state index contributed by atoms with van der Waals surface area (Å²) in [5, 5.41) is 6.88. The fourth-order valence-corrected chi connectivity index (χ4v) is 4.49. The molecule has 1 fully saturated rings. The van der Waals surface area contributed by atoms with E-state index in [9.17, 15) is 4.79 Å². The van der Waals surface area contributed by atoms with E-state index >= 15 is 0 Å². The van der Waals surface area contributed by atoms with Gasteiger partial charge in [-0.15, -0.1) is 24.0 Å². The second-order valence-corrected chi connectivity index (χ2v) is 8.37. The first-order chi connectivity index (χ1) is 15.7. The van der Waals surface area contributed by atoms with E-state index in [1.54, 1.807) is 14.2 Å². The van der Waals surface area contributed by atoms with Gasteiger partial charge in [-0.1, -0.05) is 36.4 Å². The van der Waals surface area contributed by atoms with Gasteiger partial charge in [-0.05, 0) is 36.1 Å². The maximum Gasteiger partial charge on any atom is 0.223 e. The predicted molar refractivity (Wildman–Crippen MR) is 143 cm³/mol. The minimum atomic E-state index is 0. The van der Waals surface area contributed by atoms with Crippen molar-refractivity contribution in [2.24, 2.45) is 4.99 Å². The van der Waals surface area contributed by atoms with Crippen LogP contribution in [0.2, 0.25) is 0 Å². The average Bonchev–Trinajstić information content (AvgIpc) is 3.48. The van der Waals surface area contributed by atoms with Crippen molar-refractivity contribution in [1.82, 2.24) is 15.5 Å². The minimum absolute atomic E-state index is 0. The fourth-order valence-electron chi connectivity index (χ4n) is 4.49. The fraction of sp³-hybridized carbons (Fsp3) is 0.440. The van der Waals surface area contributed by atoms with Crippen LogP contribution in [-0.2, 0) is 17.9 Å². The molecule has 1 saturated heterocycles. The second kappa shape index (κ2) is 12.1. The van der Waals surface area contributed by atoms with E-state index < -0.39 is 0 Å². The topological polar surface area (TPSA) is 69.2 Å². The van der Waals surface area contributed by atoms with Crippen LogP contribution < -0.4 is 20.3 Å². The lowest BCUT2D eigenvalue weighted by atomic mass is 10.1. The summed E-state index contributed by atoms with van der Waals surface area (Å²) >= 11 is 0. The summed E-state index contributed by atoms with van der Waals surface area (Å²) < 4.78 is 5.51. The number of carbonyl (C=O) groups is 1. The third-order valence-corrected chi connectivity index (χ3v) is 6.23. The highest BCUT2D eigenvalue weighted by Crippen LogP contribution is 2.30. The van der Waals surface area contributed by atoms with Crippen LogP contribution >= 0.6 is 24.0 Å². The van der Waals surface area contributed by atoms with E-state index in [0.29, 0.717) is 12.5 Å². The van der Waals surface area contributed by atoms with E-state index in [-0.39, 0.29) is 29.9 Å². The Hall–Kier alpha value is -2.49. The summed E-state index contributed by atoms with van der Waals surface area (Å²) in [7, 11) is 3.50. The van der Waals surface area contributed by atoms with Crippen molar-refractivity contribution in [3.8, 4) is 5.75 Å². The monoisotopic (exact) mass is 563 g/mol. The number of rotatable bonds is 7. The van der Waals surface area contributed by atoms with E-state index in [4.69, 9.17) is 4.74 Å². The predicted octanol–water partition coefficient (Wildman–Crippen LogP) is 3.38. The number of carbonyl (C=O) groups excluding carboxylic acids is 1. The van der Waals surface area contributed by atoms with E-state index in [1.807, 2.05) is 35.2 Å². The lowest BCUT2D eigenvalue weighted by Gasteiger charge is -2.22. The quantitative estimate of drug-likeness (QED) is 0.234. The molecular formula is C25H34IN5O2. The molecule has 2 aliphatic heterocycles. The van der Waals surface area contributed by atoms with Crippen LogP contribution in [0.4, 0.5) is 5.69 Å². The third-order valence-electron chi connectivity index (χ3n) is 6.23. The van der Waals surface area contributed by atoms with Crippen LogP contribution in [0.15, 0.2) is 53.5 Å². The van der Waals surface area contributed by atoms with Gasteiger partial charge in [0.2, 0.25) is 5.91 Å². The molecule has 1 unspecified atom stereocenters. The highest BCUT2D eigenvalue weighted by Gasteiger charge is 2.25. The minimum Gasteiger partial charge on any atom is -0.495 e. The molecule has 0 saturated carbocycles. The molecular weight excluding hydrogens is 529 g/mol. The van der Waals surface area contributed by atoms with E-state index in [0.717, 1.165) is 63.0 Å². The standard InChI is InChI=1S/C25H33N5O2.HI/c1-26-25(28-21-13-15-29(18-21)22-10-5-6-11-23(22)32-2)27-14-7-12-24(31)30-16-19-8-3-4-9-20(19)17-30;/h3-6,8-11,21H,7,12-18H2,1-2H3,(H2,26,27,28);1H. The van der Waals surface area contributed by atoms with Gasteiger partial charge < -0.3 is 25.2 Å². The number of aliphatic imine (C=N–C) groups is 1. The molecule has 7 nitrogen and oxygen atoms in total. The number of guanidine groups is 1. The zero-order valence-electron chi connectivity index (χ0n) is 19.4. The number of para-hydroxylation sites is 2. The number of hydrogen-bond acceptors (Lipinski definition) is 4. The number of ether oxygens (including phenoxy) is 1. The zero-order valence-corrected chi connectivity index (χ0v) is 21.7. The van der Waals surface area contributed by atoms with Gasteiger partial charge in [0.25, 0.3) is 0 Å². The maximum atomic E-state index is 12.6. The highest BCUT2D eigenvalue weighted by atomic mass is 127. The number of halogens is 1. The first kappa shape index (κ1) is 25.1. The molecule has 178 valence electrons. The maximum absolute atomic E-state index is 12.6. The number of fused-ring (bicyclic) bond motifs is 1. The summed E-state index contributed by atoms with van der Waals surface area (Å²) in [5.41, 5.74) is 3.66. The number of amides is 1. The van der Waals surface area contributed by atoms with Gasteiger partial charge in [-0.2, -0.15) is 0 Å². The number of anilines is 1. The Balaban J connectivity index is 0.00000306. The molecule has 2 N–H and O–H groups in total. The number of benzene rings is 2. The molecule has 0 aromatic heterocycles. The average molecular weight is 563 g/mol. The Bertz CT molecular complexity index is 942. The molecule has 0 spiro atoms. The van der Waals surface area contributed by atoms with Gasteiger partial charge >= 0.3 is 0 Å². The first-order valence-corrected chi connectivity index (χ1v) is 11.4. The van der Waals surface area contributed by atoms with Gasteiger partial charge in [0.05, 0.1) is 12.8 Å². The number of methoxy groups -OCH3 is 1. The Labute approximate surface area is 213 Å². The summed E-state index contributed by atoms with van der Waals surface area (Å²) in [6.45, 7) is 4.05. The smallest absolute Gasteiger partial charge is 0.223 e. The Kier molecular flexibility index (Phi) is 9.22. The van der Waals surface area contributed by atoms with Gasteiger partial charge in [0, 0.05) is 52.2 Å². The summed E-state index contributed by atoms with van der Waals surface area (Å²) in [4.78, 5) is 21.2. The van der Waals surface area contributed by atoms with Crippen LogP contribution in [0.1, 0.15) is 30.4 Å². The molecule has 33 heavy (non-hydrogen) atoms. The summed E-state index contributed by atoms with van der Waals surface area (Å²) in [6, 6.07) is 16.7. The molecule has 1 atom stereocenters. The van der Waals surface area contributed by atoms with Crippen molar-refractivity contribution in [3.63, 3.8) is 0 Å². The van der Waals surface area contributed by atoms with Crippen molar-refractivity contribution < 1.29 is 9.53 Å².